The van der Waals surface area contributed by atoms with Crippen LogP contribution in [0.15, 0.2) is 24.5 Å². The molecule has 25 heavy (non-hydrogen) atoms. The van der Waals surface area contributed by atoms with Gasteiger partial charge in [0.1, 0.15) is 14.1 Å². The number of aromatic hydroxyl groups is 4. The Labute approximate surface area is 159 Å². The van der Waals surface area contributed by atoms with Crippen molar-refractivity contribution >= 4 is 0 Å². The van der Waals surface area contributed by atoms with Crippen molar-refractivity contribution in [2.75, 3.05) is 0 Å². The molecule has 0 aliphatic heterocycles. The van der Waals surface area contributed by atoms with Crippen LogP contribution in [0, 0.1) is 0 Å². The van der Waals surface area contributed by atoms with E-state index in [1.165, 1.54) is 12.1 Å². The number of aryl methyl sites for hydroxylation is 2. The molecule has 0 saturated heterocycles. The molecule has 0 unspecified atom stereocenters. The first-order valence-corrected chi connectivity index (χ1v) is 7.12. The quantitative estimate of drug-likeness (QED) is 0.498. The monoisotopic (exact) mass is 395 g/mol. The Balaban J connectivity index is -0.000000346. The predicted molar refractivity (Wildman–Crippen MR) is 87.9 cm³/mol. The van der Waals surface area contributed by atoms with Crippen molar-refractivity contribution in [1.29, 1.82) is 0 Å². The maximum atomic E-state index is 9.31. The Morgan fingerprint density at radius 3 is 1.20 bits per heavy atom. The molecule has 2 rings (SSSR count). The van der Waals surface area contributed by atoms with E-state index in [-0.39, 0.29) is 52.5 Å². The molecule has 0 atom stereocenters. The molecule has 0 aliphatic carbocycles. The van der Waals surface area contributed by atoms with Gasteiger partial charge in [0, 0.05) is 43.5 Å². The second kappa shape index (κ2) is 12.4. The summed E-state index contributed by atoms with van der Waals surface area (Å²) in [6.45, 7) is 3.85. The summed E-state index contributed by atoms with van der Waals surface area (Å²) in [4.78, 5) is 0. The zero-order chi connectivity index (χ0) is 16.9. The minimum absolute atomic E-state index is 0. The van der Waals surface area contributed by atoms with Crippen LogP contribution in [-0.2, 0) is 45.5 Å². The fourth-order valence-corrected chi connectivity index (χ4v) is 2.17. The minimum atomic E-state index is -0.0556. The van der Waals surface area contributed by atoms with Crippen LogP contribution in [-0.4, -0.2) is 31.4 Å². The van der Waals surface area contributed by atoms with Gasteiger partial charge in [0.25, 0.3) is 0 Å². The number of hydrogen-bond acceptors (Lipinski definition) is 4. The van der Waals surface area contributed by atoms with Gasteiger partial charge >= 0.3 is 0 Å². The maximum Gasteiger partial charge on any atom is 0.226 e. The van der Waals surface area contributed by atoms with Crippen molar-refractivity contribution in [2.24, 2.45) is 14.1 Å². The number of rotatable bonds is 2. The summed E-state index contributed by atoms with van der Waals surface area (Å²) in [7, 11) is 3.66. The van der Waals surface area contributed by atoms with Crippen molar-refractivity contribution in [1.82, 2.24) is 0 Å². The van der Waals surface area contributed by atoms with Crippen LogP contribution < -0.4 is 9.13 Å². The van der Waals surface area contributed by atoms with Crippen LogP contribution in [0.25, 0.3) is 0 Å². The molecular weight excluding hydrogens is 367 g/mol. The average molecular weight is 395 g/mol. The molecule has 0 aromatic carbocycles. The normalized spacial score (nSPS) is 8.80. The van der Waals surface area contributed by atoms with Gasteiger partial charge in [0.2, 0.25) is 22.9 Å². The SMILES string of the molecule is CCc1c(O)c(O)cc[n+]1C.CCc1c(O)c(O)cc[n+]1C.O.O.[V]. The van der Waals surface area contributed by atoms with Gasteiger partial charge in [-0.25, -0.2) is 9.13 Å². The van der Waals surface area contributed by atoms with Crippen LogP contribution >= 0.6 is 0 Å². The van der Waals surface area contributed by atoms with Crippen LogP contribution in [0.5, 0.6) is 23.0 Å². The third kappa shape index (κ3) is 6.79. The first-order chi connectivity index (χ1) is 10.3. The molecule has 0 aliphatic rings. The second-order valence-corrected chi connectivity index (χ2v) is 4.92. The van der Waals surface area contributed by atoms with E-state index >= 15 is 0 Å². The molecule has 0 saturated carbocycles. The number of pyridine rings is 2. The van der Waals surface area contributed by atoms with Gasteiger partial charge < -0.3 is 31.4 Å². The molecule has 2 heterocycles. The molecule has 0 amide bonds. The molecule has 0 bridgehead atoms. The van der Waals surface area contributed by atoms with Crippen molar-refractivity contribution < 1.29 is 59.1 Å². The van der Waals surface area contributed by atoms with Crippen LogP contribution in [0.3, 0.4) is 0 Å². The predicted octanol–water partition coefficient (Wildman–Crippen LogP) is -0.683. The Kier molecular flexibility index (Phi) is 13.8. The summed E-state index contributed by atoms with van der Waals surface area (Å²) in [6, 6.07) is 2.93. The first-order valence-electron chi connectivity index (χ1n) is 7.12. The minimum Gasteiger partial charge on any atom is -0.504 e. The Morgan fingerprint density at radius 1 is 0.720 bits per heavy atom. The second-order valence-electron chi connectivity index (χ2n) is 4.92. The molecule has 2 aromatic rings. The largest absolute Gasteiger partial charge is 0.504 e. The van der Waals surface area contributed by atoms with E-state index in [1.807, 2.05) is 27.9 Å². The zero-order valence-electron chi connectivity index (χ0n) is 14.9. The van der Waals surface area contributed by atoms with Gasteiger partial charge in [-0.1, -0.05) is 13.8 Å². The zero-order valence-corrected chi connectivity index (χ0v) is 16.3. The summed E-state index contributed by atoms with van der Waals surface area (Å²) in [6.07, 6.45) is 4.84. The van der Waals surface area contributed by atoms with Gasteiger partial charge in [0.15, 0.2) is 23.9 Å². The Morgan fingerprint density at radius 2 is 1.00 bits per heavy atom. The molecule has 8 N–H and O–H groups in total. The van der Waals surface area contributed by atoms with Gasteiger partial charge in [-0.15, -0.1) is 0 Å². The van der Waals surface area contributed by atoms with Gasteiger partial charge in [-0.3, -0.25) is 0 Å². The number of aromatic nitrogens is 2. The maximum absolute atomic E-state index is 9.31. The van der Waals surface area contributed by atoms with Gasteiger partial charge in [-0.2, -0.15) is 0 Å². The third-order valence-corrected chi connectivity index (χ3v) is 3.47. The van der Waals surface area contributed by atoms with Crippen LogP contribution in [0.4, 0.5) is 0 Å². The fourth-order valence-electron chi connectivity index (χ4n) is 2.17. The van der Waals surface area contributed by atoms with Gasteiger partial charge in [-0.05, 0) is 0 Å². The molecule has 1 radical (unpaired) electrons. The van der Waals surface area contributed by atoms with E-state index in [0.717, 1.165) is 11.4 Å². The summed E-state index contributed by atoms with van der Waals surface area (Å²) in [5.74, 6) is -0.144. The summed E-state index contributed by atoms with van der Waals surface area (Å²) in [5, 5.41) is 36.8. The van der Waals surface area contributed by atoms with E-state index in [9.17, 15) is 10.2 Å². The van der Waals surface area contributed by atoms with Crippen molar-refractivity contribution in [3.05, 3.63) is 35.9 Å². The third-order valence-electron chi connectivity index (χ3n) is 3.47. The molecule has 2 aromatic heterocycles. The van der Waals surface area contributed by atoms with Crippen LogP contribution in [0.1, 0.15) is 25.2 Å². The Bertz CT molecular complexity index is 610. The van der Waals surface area contributed by atoms with E-state index in [0.29, 0.717) is 12.8 Å². The first kappa shape index (κ1) is 27.8. The van der Waals surface area contributed by atoms with Crippen LogP contribution in [0.2, 0.25) is 0 Å². The van der Waals surface area contributed by atoms with Crippen molar-refractivity contribution in [3.8, 4) is 23.0 Å². The topological polar surface area (TPSA) is 152 Å². The van der Waals surface area contributed by atoms with E-state index in [2.05, 4.69) is 0 Å². The number of hydrogen-bond donors (Lipinski definition) is 4. The summed E-state index contributed by atoms with van der Waals surface area (Å²) >= 11 is 0. The van der Waals surface area contributed by atoms with Gasteiger partial charge in [0.05, 0.1) is 0 Å². The van der Waals surface area contributed by atoms with E-state index in [1.54, 1.807) is 21.5 Å². The standard InChI is InChI=1S/2C8H11NO2.2H2O.V/c2*1-3-6-8(11)7(10)4-5-9(6)2;;;/h2*4-5,11H,3H2,1-2H3;2*1H2;/p+2. The summed E-state index contributed by atoms with van der Waals surface area (Å²) in [5.41, 5.74) is 1.48. The molecule has 141 valence electrons. The van der Waals surface area contributed by atoms with Crippen molar-refractivity contribution in [2.45, 2.75) is 26.7 Å². The Hall–Kier alpha value is -2.00. The fraction of sp³-hybridized carbons (Fsp3) is 0.375. The summed E-state index contributed by atoms with van der Waals surface area (Å²) < 4.78 is 3.57. The number of nitrogens with zero attached hydrogens (tertiary/aromatic N) is 2. The van der Waals surface area contributed by atoms with E-state index < -0.39 is 0 Å². The molecule has 0 fully saturated rings. The molecule has 8 nitrogen and oxygen atoms in total. The smallest absolute Gasteiger partial charge is 0.226 e. The average Bonchev–Trinajstić information content (AvgIpc) is 2.49. The molecular formula is C16H28N2O6V+2. The van der Waals surface area contributed by atoms with E-state index in [4.69, 9.17) is 10.2 Å². The molecule has 0 spiro atoms. The molecule has 9 heteroatoms. The van der Waals surface area contributed by atoms with Crippen molar-refractivity contribution in [3.63, 3.8) is 0 Å².